The lowest BCUT2D eigenvalue weighted by Gasteiger charge is -2.62. The first kappa shape index (κ1) is 39.3. The topological polar surface area (TPSA) is 217 Å². The summed E-state index contributed by atoms with van der Waals surface area (Å²) in [5, 5.41) is 84.9. The minimum Gasteiger partial charge on any atom is -0.394 e. The van der Waals surface area contributed by atoms with Gasteiger partial charge in [-0.3, -0.25) is 0 Å². The number of aliphatic hydroxyl groups excluding tert-OH is 8. The molecule has 23 atom stereocenters. The molecule has 8 rings (SSSR count). The fourth-order valence-corrected chi connectivity index (χ4v) is 13.1. The second-order valence-electron chi connectivity index (χ2n) is 18.8. The summed E-state index contributed by atoms with van der Waals surface area (Å²) in [6.07, 6.45) is -7.33. The van der Waals surface area contributed by atoms with Crippen LogP contribution in [0.3, 0.4) is 0 Å². The van der Waals surface area contributed by atoms with Crippen molar-refractivity contribution in [2.45, 2.75) is 171 Å². The van der Waals surface area contributed by atoms with Gasteiger partial charge in [-0.05, 0) is 86.4 Å². The van der Waals surface area contributed by atoms with Gasteiger partial charge in [-0.2, -0.15) is 0 Å². The summed E-state index contributed by atoms with van der Waals surface area (Å²) in [4.78, 5) is 0. The summed E-state index contributed by atoms with van der Waals surface area (Å²) >= 11 is 0. The third-order valence-corrected chi connectivity index (χ3v) is 16.3. The van der Waals surface area contributed by atoms with Crippen molar-refractivity contribution in [1.29, 1.82) is 0 Å². The molecule has 4 aliphatic heterocycles. The summed E-state index contributed by atoms with van der Waals surface area (Å²) in [6.45, 7) is 8.75. The van der Waals surface area contributed by atoms with Gasteiger partial charge in [0, 0.05) is 23.7 Å². The molecule has 0 amide bonds. The molecule has 4 heterocycles. The summed E-state index contributed by atoms with van der Waals surface area (Å²) in [5.41, 5.74) is -0.240. The number of rotatable bonds is 6. The first-order chi connectivity index (χ1) is 25.2. The average Bonchev–Trinajstić information content (AvgIpc) is 3.59. The number of aliphatic hydroxyl groups is 8. The fourth-order valence-electron chi connectivity index (χ4n) is 13.1. The summed E-state index contributed by atoms with van der Waals surface area (Å²) in [5.74, 6) is 2.03. The van der Waals surface area contributed by atoms with Crippen molar-refractivity contribution in [1.82, 2.24) is 0 Å². The van der Waals surface area contributed by atoms with Gasteiger partial charge < -0.3 is 69.3 Å². The van der Waals surface area contributed by atoms with E-state index in [1.807, 2.05) is 0 Å². The molecule has 304 valence electrons. The molecule has 0 bridgehead atoms. The van der Waals surface area contributed by atoms with E-state index in [0.29, 0.717) is 36.0 Å². The van der Waals surface area contributed by atoms with E-state index >= 15 is 0 Å². The molecular weight excluding hydrogens is 692 g/mol. The third kappa shape index (κ3) is 6.11. The average molecular weight is 757 g/mol. The second kappa shape index (κ2) is 14.4. The van der Waals surface area contributed by atoms with E-state index < -0.39 is 86.5 Å². The molecule has 0 aromatic heterocycles. The van der Waals surface area contributed by atoms with Crippen LogP contribution in [0, 0.1) is 52.3 Å². The van der Waals surface area contributed by atoms with Gasteiger partial charge in [-0.15, -0.1) is 0 Å². The normalized spacial score (nSPS) is 59.5. The maximum absolute atomic E-state index is 12.2. The molecule has 14 nitrogen and oxygen atoms in total. The van der Waals surface area contributed by atoms with Crippen LogP contribution in [-0.4, -0.2) is 146 Å². The van der Waals surface area contributed by atoms with Gasteiger partial charge in [-0.25, -0.2) is 0 Å². The highest BCUT2D eigenvalue weighted by molar-refractivity contribution is 5.18. The molecule has 1 spiro atoms. The number of hydrogen-bond acceptors (Lipinski definition) is 14. The van der Waals surface area contributed by atoms with Crippen LogP contribution in [0.15, 0.2) is 0 Å². The van der Waals surface area contributed by atoms with Crippen molar-refractivity contribution in [3.8, 4) is 0 Å². The van der Waals surface area contributed by atoms with Crippen LogP contribution in [0.5, 0.6) is 0 Å². The van der Waals surface area contributed by atoms with Crippen molar-refractivity contribution in [2.75, 3.05) is 19.8 Å². The Bertz CT molecular complexity index is 1300. The standard InChI is InChI=1S/C39H64O14/c1-17-7-10-39(48-16-17)18(2)28-24(53-39)12-23-21-6-5-19-11-20(8-9-37(19,3)22(21)13-27(42)38(23,28)4)49-36-34(32(46)30(44)26(15-41)51-36)52-35-33(47)31(45)29(43)25(14-40)50-35/h17-36,40-47H,5-16H2,1-4H3/t17-,18+,19-,20+,21-,22+,23+,24+,25-,26-,27+,28+,29-,30+,31+,32+,33-,34-,35+,36-,37+,38-,39-/m1/s1. The Labute approximate surface area is 312 Å². The Kier molecular flexibility index (Phi) is 10.6. The van der Waals surface area contributed by atoms with Crippen LogP contribution in [0.25, 0.3) is 0 Å². The zero-order valence-electron chi connectivity index (χ0n) is 31.6. The van der Waals surface area contributed by atoms with Crippen LogP contribution in [0.1, 0.15) is 85.5 Å². The Morgan fingerprint density at radius 2 is 1.40 bits per heavy atom. The van der Waals surface area contributed by atoms with Crippen LogP contribution in [0.2, 0.25) is 0 Å². The van der Waals surface area contributed by atoms with Crippen LogP contribution >= 0.6 is 0 Å². The van der Waals surface area contributed by atoms with Gasteiger partial charge in [0.15, 0.2) is 18.4 Å². The largest absolute Gasteiger partial charge is 0.394 e. The number of ether oxygens (including phenoxy) is 6. The highest BCUT2D eigenvalue weighted by atomic mass is 16.8. The van der Waals surface area contributed by atoms with Gasteiger partial charge in [0.25, 0.3) is 0 Å². The van der Waals surface area contributed by atoms with E-state index in [-0.39, 0.29) is 34.9 Å². The van der Waals surface area contributed by atoms with E-state index in [2.05, 4.69) is 27.7 Å². The molecule has 0 aromatic carbocycles. The minimum atomic E-state index is -1.73. The van der Waals surface area contributed by atoms with Crippen LogP contribution < -0.4 is 0 Å². The van der Waals surface area contributed by atoms with Gasteiger partial charge >= 0.3 is 0 Å². The smallest absolute Gasteiger partial charge is 0.187 e. The van der Waals surface area contributed by atoms with Crippen molar-refractivity contribution in [3.05, 3.63) is 0 Å². The molecule has 0 unspecified atom stereocenters. The first-order valence-electron chi connectivity index (χ1n) is 20.4. The molecule has 4 saturated carbocycles. The summed E-state index contributed by atoms with van der Waals surface area (Å²) < 4.78 is 37.3. The van der Waals surface area contributed by atoms with E-state index in [9.17, 15) is 40.9 Å². The molecule has 8 N–H and O–H groups in total. The predicted molar refractivity (Wildman–Crippen MR) is 184 cm³/mol. The molecule has 53 heavy (non-hydrogen) atoms. The molecule has 0 radical (unpaired) electrons. The Morgan fingerprint density at radius 3 is 2.08 bits per heavy atom. The van der Waals surface area contributed by atoms with E-state index in [0.717, 1.165) is 58.0 Å². The zero-order chi connectivity index (χ0) is 37.8. The Morgan fingerprint density at radius 1 is 0.698 bits per heavy atom. The third-order valence-electron chi connectivity index (χ3n) is 16.3. The Hall–Kier alpha value is -0.560. The van der Waals surface area contributed by atoms with Gasteiger partial charge in [0.05, 0.1) is 38.1 Å². The maximum atomic E-state index is 12.2. The van der Waals surface area contributed by atoms with E-state index in [1.54, 1.807) is 0 Å². The van der Waals surface area contributed by atoms with Crippen molar-refractivity contribution in [3.63, 3.8) is 0 Å². The second-order valence-corrected chi connectivity index (χ2v) is 18.8. The highest BCUT2D eigenvalue weighted by Gasteiger charge is 2.71. The minimum absolute atomic E-state index is 0.0118. The molecule has 8 fully saturated rings. The van der Waals surface area contributed by atoms with Crippen molar-refractivity contribution >= 4 is 0 Å². The highest BCUT2D eigenvalue weighted by Crippen LogP contribution is 2.71. The quantitative estimate of drug-likeness (QED) is 0.173. The molecule has 0 aromatic rings. The van der Waals surface area contributed by atoms with Crippen LogP contribution in [0.4, 0.5) is 0 Å². The molecule has 4 aliphatic carbocycles. The SMILES string of the molecule is C[C@@H]1CC[C@@]2(OC1)O[C@H]1C[C@H]3[C@@H]4CC[C@@H]5C[C@@H](O[C@@H]6O[C@H](CO)[C@H](O)[C@H](O)[C@H]6O[C@@H]6O[C@H](CO)[C@@H](O)[C@H](O)[C@H]6O)CC[C@]5(C)[C@H]4C[C@H](O)[C@]3(C)[C@H]1[C@@H]2C. The molecule has 8 aliphatic rings. The molecule has 14 heteroatoms. The fraction of sp³-hybridized carbons (Fsp3) is 1.00. The van der Waals surface area contributed by atoms with Gasteiger partial charge in [0.1, 0.15) is 48.8 Å². The van der Waals surface area contributed by atoms with Crippen molar-refractivity contribution in [2.24, 2.45) is 52.3 Å². The number of fused-ring (bicyclic) bond motifs is 7. The maximum Gasteiger partial charge on any atom is 0.187 e. The van der Waals surface area contributed by atoms with E-state index in [4.69, 9.17) is 28.4 Å². The van der Waals surface area contributed by atoms with E-state index in [1.165, 1.54) is 0 Å². The van der Waals surface area contributed by atoms with Gasteiger partial charge in [0.2, 0.25) is 0 Å². The summed E-state index contributed by atoms with van der Waals surface area (Å²) in [7, 11) is 0. The monoisotopic (exact) mass is 756 g/mol. The van der Waals surface area contributed by atoms with Gasteiger partial charge in [-0.1, -0.05) is 27.7 Å². The molecule has 4 saturated heterocycles. The molecular formula is C39H64O14. The lowest BCUT2D eigenvalue weighted by Crippen LogP contribution is -2.65. The number of hydrogen-bond donors (Lipinski definition) is 8. The zero-order valence-corrected chi connectivity index (χ0v) is 31.6. The predicted octanol–water partition coefficient (Wildman–Crippen LogP) is 0.413. The Balaban J connectivity index is 0.957. The van der Waals surface area contributed by atoms with Crippen molar-refractivity contribution < 1.29 is 69.3 Å². The first-order valence-corrected chi connectivity index (χ1v) is 20.4. The van der Waals surface area contributed by atoms with Crippen LogP contribution in [-0.2, 0) is 28.4 Å². The summed E-state index contributed by atoms with van der Waals surface area (Å²) in [6, 6.07) is 0. The lowest BCUT2D eigenvalue weighted by molar-refractivity contribution is -0.373. The lowest BCUT2D eigenvalue weighted by atomic mass is 9.43.